The lowest BCUT2D eigenvalue weighted by Gasteiger charge is -2.06. The first-order chi connectivity index (χ1) is 10.3. The highest BCUT2D eigenvalue weighted by Crippen LogP contribution is 2.25. The Bertz CT molecular complexity index is 548. The third-order valence-electron chi connectivity index (χ3n) is 2.94. The highest BCUT2D eigenvalue weighted by molar-refractivity contribution is 7.98. The third kappa shape index (κ3) is 5.67. The van der Waals surface area contributed by atoms with E-state index in [1.807, 2.05) is 30.5 Å². The molecule has 1 aromatic carbocycles. The van der Waals surface area contributed by atoms with Crippen LogP contribution in [0.25, 0.3) is 0 Å². The van der Waals surface area contributed by atoms with Crippen LogP contribution in [0.5, 0.6) is 0 Å². The largest absolute Gasteiger partial charge is 0.383 e. The molecule has 1 aromatic heterocycles. The Morgan fingerprint density at radius 2 is 2.10 bits per heavy atom. The van der Waals surface area contributed by atoms with Crippen molar-refractivity contribution in [2.45, 2.75) is 17.3 Å². The summed E-state index contributed by atoms with van der Waals surface area (Å²) in [6, 6.07) is 12.1. The molecule has 3 nitrogen and oxygen atoms in total. The normalized spacial score (nSPS) is 10.8. The molecule has 0 saturated heterocycles. The van der Waals surface area contributed by atoms with Crippen molar-refractivity contribution >= 4 is 23.4 Å². The Morgan fingerprint density at radius 1 is 1.24 bits per heavy atom. The van der Waals surface area contributed by atoms with E-state index in [1.165, 1.54) is 5.56 Å². The lowest BCUT2D eigenvalue weighted by Crippen LogP contribution is -2.18. The first kappa shape index (κ1) is 16.3. The second-order valence-electron chi connectivity index (χ2n) is 4.55. The summed E-state index contributed by atoms with van der Waals surface area (Å²) in [4.78, 5) is 4.47. The molecule has 0 radical (unpaired) electrons. The van der Waals surface area contributed by atoms with Crippen molar-refractivity contribution in [3.63, 3.8) is 0 Å². The van der Waals surface area contributed by atoms with Crippen molar-refractivity contribution in [1.82, 2.24) is 10.3 Å². The number of ether oxygens (including phenoxy) is 1. The first-order valence-corrected chi connectivity index (χ1v) is 8.16. The van der Waals surface area contributed by atoms with E-state index in [2.05, 4.69) is 22.4 Å². The van der Waals surface area contributed by atoms with Crippen molar-refractivity contribution in [1.29, 1.82) is 0 Å². The fraction of sp³-hybridized carbons (Fsp3) is 0.312. The second kappa shape index (κ2) is 9.05. The molecule has 5 heteroatoms. The minimum atomic E-state index is 0.721. The molecular weight excluding hydrogens is 304 g/mol. The molecule has 0 bridgehead atoms. The number of nitrogens with one attached hydrogen (secondary N) is 1. The summed E-state index contributed by atoms with van der Waals surface area (Å²) in [5.74, 6) is 0.831. The Morgan fingerprint density at radius 3 is 2.81 bits per heavy atom. The maximum absolute atomic E-state index is 6.15. The van der Waals surface area contributed by atoms with Gasteiger partial charge in [-0.3, -0.25) is 0 Å². The zero-order valence-corrected chi connectivity index (χ0v) is 13.6. The first-order valence-electron chi connectivity index (χ1n) is 6.80. The smallest absolute Gasteiger partial charge is 0.0963 e. The van der Waals surface area contributed by atoms with Crippen LogP contribution in [0.1, 0.15) is 11.1 Å². The summed E-state index contributed by atoms with van der Waals surface area (Å²) in [7, 11) is 1.70. The minimum absolute atomic E-state index is 0.721. The molecule has 0 atom stereocenters. The highest BCUT2D eigenvalue weighted by atomic mass is 35.5. The van der Waals surface area contributed by atoms with Crippen molar-refractivity contribution in [2.75, 3.05) is 20.3 Å². The number of benzene rings is 1. The van der Waals surface area contributed by atoms with Gasteiger partial charge in [-0.1, -0.05) is 35.9 Å². The van der Waals surface area contributed by atoms with Gasteiger partial charge in [0, 0.05) is 37.2 Å². The molecule has 0 spiro atoms. The fourth-order valence-electron chi connectivity index (χ4n) is 1.77. The Balaban J connectivity index is 1.81. The van der Waals surface area contributed by atoms with Crippen LogP contribution >= 0.6 is 23.4 Å². The predicted octanol–water partition coefficient (Wildman–Crippen LogP) is 3.76. The molecule has 0 amide bonds. The Labute approximate surface area is 135 Å². The third-order valence-corrected chi connectivity index (χ3v) is 4.30. The number of rotatable bonds is 8. The maximum atomic E-state index is 6.15. The number of nitrogens with zero attached hydrogens (tertiary/aromatic N) is 1. The number of thioether (sulfide) groups is 1. The molecule has 0 aliphatic heterocycles. The number of pyridine rings is 1. The van der Waals surface area contributed by atoms with E-state index in [1.54, 1.807) is 18.9 Å². The molecule has 0 fully saturated rings. The quantitative estimate of drug-likeness (QED) is 0.592. The zero-order chi connectivity index (χ0) is 14.9. The maximum Gasteiger partial charge on any atom is 0.0963 e. The lowest BCUT2D eigenvalue weighted by atomic mass is 10.2. The zero-order valence-electron chi connectivity index (χ0n) is 12.0. The van der Waals surface area contributed by atoms with Gasteiger partial charge in [0.05, 0.1) is 11.6 Å². The van der Waals surface area contributed by atoms with Gasteiger partial charge in [0.25, 0.3) is 0 Å². The standard InChI is InChI=1S/C16H19ClN2OS/c1-20-9-8-18-10-13-6-7-16(19-11-13)21-12-14-4-2-3-5-15(14)17/h2-7,11,18H,8-10,12H2,1H3. The molecule has 112 valence electrons. The van der Waals surface area contributed by atoms with E-state index in [-0.39, 0.29) is 0 Å². The minimum Gasteiger partial charge on any atom is -0.383 e. The van der Waals surface area contributed by atoms with E-state index < -0.39 is 0 Å². The SMILES string of the molecule is COCCNCc1ccc(SCc2ccccc2Cl)nc1. The fourth-order valence-corrected chi connectivity index (χ4v) is 2.90. The van der Waals surface area contributed by atoms with E-state index >= 15 is 0 Å². The van der Waals surface area contributed by atoms with Gasteiger partial charge in [-0.25, -0.2) is 4.98 Å². The van der Waals surface area contributed by atoms with Crippen molar-refractivity contribution in [3.8, 4) is 0 Å². The van der Waals surface area contributed by atoms with E-state index in [4.69, 9.17) is 16.3 Å². The van der Waals surface area contributed by atoms with E-state index in [9.17, 15) is 0 Å². The summed E-state index contributed by atoms with van der Waals surface area (Å²) in [6.07, 6.45) is 1.91. The van der Waals surface area contributed by atoms with Gasteiger partial charge < -0.3 is 10.1 Å². The van der Waals surface area contributed by atoms with Gasteiger partial charge in [0.2, 0.25) is 0 Å². The molecule has 2 aromatic rings. The van der Waals surface area contributed by atoms with E-state index in [0.29, 0.717) is 0 Å². The average Bonchev–Trinajstić information content (AvgIpc) is 2.52. The van der Waals surface area contributed by atoms with Crippen molar-refractivity contribution in [2.24, 2.45) is 0 Å². The number of halogens is 1. The lowest BCUT2D eigenvalue weighted by molar-refractivity contribution is 0.199. The highest BCUT2D eigenvalue weighted by Gasteiger charge is 2.02. The van der Waals surface area contributed by atoms with Crippen LogP contribution in [0.15, 0.2) is 47.6 Å². The summed E-state index contributed by atoms with van der Waals surface area (Å²) in [5, 5.41) is 5.12. The Hall–Kier alpha value is -1.07. The van der Waals surface area contributed by atoms with Crippen LogP contribution in [-0.2, 0) is 17.0 Å². The second-order valence-corrected chi connectivity index (χ2v) is 5.96. The predicted molar refractivity (Wildman–Crippen MR) is 88.8 cm³/mol. The van der Waals surface area contributed by atoms with Crippen LogP contribution in [-0.4, -0.2) is 25.2 Å². The van der Waals surface area contributed by atoms with Crippen LogP contribution < -0.4 is 5.32 Å². The molecular formula is C16H19ClN2OS. The number of hydrogen-bond acceptors (Lipinski definition) is 4. The molecule has 0 aliphatic carbocycles. The van der Waals surface area contributed by atoms with Gasteiger partial charge in [-0.15, -0.1) is 11.8 Å². The van der Waals surface area contributed by atoms with E-state index in [0.717, 1.165) is 41.1 Å². The summed E-state index contributed by atoms with van der Waals surface area (Å²) in [5.41, 5.74) is 2.31. The van der Waals surface area contributed by atoms with Crippen molar-refractivity contribution in [3.05, 3.63) is 58.7 Å². The molecule has 0 unspecified atom stereocenters. The van der Waals surface area contributed by atoms with Crippen LogP contribution in [0.4, 0.5) is 0 Å². The van der Waals surface area contributed by atoms with Crippen molar-refractivity contribution < 1.29 is 4.74 Å². The number of hydrogen-bond donors (Lipinski definition) is 1. The van der Waals surface area contributed by atoms with Crippen LogP contribution in [0.3, 0.4) is 0 Å². The Kier molecular flexibility index (Phi) is 7.03. The summed E-state index contributed by atoms with van der Waals surface area (Å²) < 4.78 is 4.99. The molecule has 0 saturated carbocycles. The van der Waals surface area contributed by atoms with Gasteiger partial charge in [-0.2, -0.15) is 0 Å². The number of aromatic nitrogens is 1. The van der Waals surface area contributed by atoms with Gasteiger partial charge in [0.1, 0.15) is 0 Å². The van der Waals surface area contributed by atoms with Crippen LogP contribution in [0, 0.1) is 0 Å². The topological polar surface area (TPSA) is 34.1 Å². The molecule has 2 rings (SSSR count). The van der Waals surface area contributed by atoms with Gasteiger partial charge in [-0.05, 0) is 23.3 Å². The summed E-state index contributed by atoms with van der Waals surface area (Å²) >= 11 is 7.84. The van der Waals surface area contributed by atoms with Crippen LogP contribution in [0.2, 0.25) is 5.02 Å². The average molecular weight is 323 g/mol. The molecule has 1 heterocycles. The van der Waals surface area contributed by atoms with Gasteiger partial charge >= 0.3 is 0 Å². The molecule has 0 aliphatic rings. The summed E-state index contributed by atoms with van der Waals surface area (Å²) in [6.45, 7) is 2.38. The monoisotopic (exact) mass is 322 g/mol. The molecule has 1 N–H and O–H groups in total. The molecule has 21 heavy (non-hydrogen) atoms. The van der Waals surface area contributed by atoms with Gasteiger partial charge in [0.15, 0.2) is 0 Å². The number of methoxy groups -OCH3 is 1.